The van der Waals surface area contributed by atoms with Crippen LogP contribution < -0.4 is 16.4 Å². The van der Waals surface area contributed by atoms with Crippen molar-refractivity contribution in [1.82, 2.24) is 14.9 Å². The highest BCUT2D eigenvalue weighted by atomic mass is 15.0. The van der Waals surface area contributed by atoms with E-state index in [4.69, 9.17) is 10.7 Å². The summed E-state index contributed by atoms with van der Waals surface area (Å²) in [6.45, 7) is 3.49. The molecule has 5 heteroatoms. The van der Waals surface area contributed by atoms with Gasteiger partial charge in [0.2, 0.25) is 0 Å². The van der Waals surface area contributed by atoms with Gasteiger partial charge in [-0.2, -0.15) is 0 Å². The smallest absolute Gasteiger partial charge is 0.0924 e. The molecule has 0 spiro atoms. The second-order valence-electron chi connectivity index (χ2n) is 6.95. The zero-order chi connectivity index (χ0) is 18.6. The van der Waals surface area contributed by atoms with Crippen molar-refractivity contribution in [2.24, 2.45) is 17.8 Å². The maximum Gasteiger partial charge on any atom is 0.0924 e. The fraction of sp³-hybridized carbons (Fsp3) is 0.318. The zero-order valence-electron chi connectivity index (χ0n) is 15.8. The van der Waals surface area contributed by atoms with Crippen LogP contribution in [0, 0.1) is 0 Å². The quantitative estimate of drug-likeness (QED) is 0.443. The molecule has 4 rings (SSSR count). The molecule has 4 N–H and O–H groups in total. The third kappa shape index (κ3) is 3.36. The summed E-state index contributed by atoms with van der Waals surface area (Å²) in [5, 5.41) is 6.92. The number of hydrogen-bond acceptors (Lipinski definition) is 3. The molecule has 0 aliphatic carbocycles. The Bertz CT molecular complexity index is 1140. The predicted molar refractivity (Wildman–Crippen MR) is 114 cm³/mol. The number of pyridine rings is 1. The average molecular weight is 361 g/mol. The fourth-order valence-corrected chi connectivity index (χ4v) is 3.78. The second-order valence-corrected chi connectivity index (χ2v) is 6.95. The van der Waals surface area contributed by atoms with Crippen molar-refractivity contribution in [3.05, 3.63) is 53.9 Å². The summed E-state index contributed by atoms with van der Waals surface area (Å²) in [7, 11) is 2.14. The lowest BCUT2D eigenvalue weighted by atomic mass is 10.1. The lowest BCUT2D eigenvalue weighted by molar-refractivity contribution is 0.630. The molecule has 0 bridgehead atoms. The lowest BCUT2D eigenvalue weighted by Crippen LogP contribution is -2.20. The molecule has 0 amide bonds. The molecule has 2 aromatic carbocycles. The van der Waals surface area contributed by atoms with E-state index in [1.54, 1.807) is 0 Å². The first-order chi connectivity index (χ1) is 13.3. The van der Waals surface area contributed by atoms with Crippen LogP contribution in [0.4, 0.5) is 0 Å². The first-order valence-corrected chi connectivity index (χ1v) is 9.70. The van der Waals surface area contributed by atoms with E-state index in [2.05, 4.69) is 70.4 Å². The maximum atomic E-state index is 5.53. The van der Waals surface area contributed by atoms with Crippen LogP contribution in [0.3, 0.4) is 0 Å². The van der Waals surface area contributed by atoms with E-state index >= 15 is 0 Å². The molecule has 0 aliphatic heterocycles. The van der Waals surface area contributed by atoms with Crippen molar-refractivity contribution in [2.75, 3.05) is 26.2 Å². The van der Waals surface area contributed by atoms with Crippen LogP contribution in [0.25, 0.3) is 32.8 Å². The summed E-state index contributed by atoms with van der Waals surface area (Å²) >= 11 is 0. The van der Waals surface area contributed by atoms with E-state index in [1.807, 2.05) is 0 Å². The average Bonchev–Trinajstić information content (AvgIpc) is 3.09. The van der Waals surface area contributed by atoms with Gasteiger partial charge in [-0.15, -0.1) is 0 Å². The van der Waals surface area contributed by atoms with Gasteiger partial charge in [-0.1, -0.05) is 36.4 Å². The van der Waals surface area contributed by atoms with Crippen LogP contribution in [-0.2, 0) is 7.05 Å². The van der Waals surface area contributed by atoms with Crippen LogP contribution >= 0.6 is 0 Å². The molecule has 140 valence electrons. The summed E-state index contributed by atoms with van der Waals surface area (Å²) in [6.07, 6.45) is 2.04. The Hall–Kier alpha value is -2.63. The third-order valence-corrected chi connectivity index (χ3v) is 5.11. The zero-order valence-corrected chi connectivity index (χ0v) is 15.8. The first kappa shape index (κ1) is 17.8. The van der Waals surface area contributed by atoms with Crippen LogP contribution in [0.5, 0.6) is 0 Å². The summed E-state index contributed by atoms with van der Waals surface area (Å²) in [5.41, 5.74) is 10.2. The molecule has 0 unspecified atom stereocenters. The van der Waals surface area contributed by atoms with Gasteiger partial charge in [-0.25, -0.2) is 0 Å². The molecule has 2 heterocycles. The molecule has 5 nitrogen and oxygen atoms in total. The molecular formula is C22H27N5. The van der Waals surface area contributed by atoms with E-state index in [9.17, 15) is 0 Å². The molecule has 2 aromatic heterocycles. The van der Waals surface area contributed by atoms with Crippen LogP contribution in [0.15, 0.2) is 53.5 Å². The fourth-order valence-electron chi connectivity index (χ4n) is 3.78. The Kier molecular flexibility index (Phi) is 5.23. The minimum Gasteiger partial charge on any atom is -0.351 e. The number of rotatable bonds is 7. The largest absolute Gasteiger partial charge is 0.351 e. The molecule has 0 saturated heterocycles. The number of fused-ring (bicyclic) bond motifs is 4. The second kappa shape index (κ2) is 7.94. The summed E-state index contributed by atoms with van der Waals surface area (Å²) in [4.78, 5) is 8.61. The van der Waals surface area contributed by atoms with Crippen molar-refractivity contribution in [1.29, 1.82) is 0 Å². The Morgan fingerprint density at radius 2 is 1.74 bits per heavy atom. The molecule has 0 saturated carbocycles. The van der Waals surface area contributed by atoms with Crippen molar-refractivity contribution in [3.63, 3.8) is 0 Å². The number of aromatic nitrogens is 2. The van der Waals surface area contributed by atoms with Gasteiger partial charge in [0.05, 0.1) is 21.9 Å². The van der Waals surface area contributed by atoms with Gasteiger partial charge >= 0.3 is 0 Å². The van der Waals surface area contributed by atoms with E-state index in [-0.39, 0.29) is 0 Å². The number of nitrogens with one attached hydrogen (secondary N) is 2. The van der Waals surface area contributed by atoms with Crippen molar-refractivity contribution < 1.29 is 0 Å². The number of hydrogen-bond donors (Lipinski definition) is 3. The topological polar surface area (TPSA) is 71.1 Å². The highest BCUT2D eigenvalue weighted by molar-refractivity contribution is 6.08. The SMILES string of the molecule is Cn1c2ccccc2c(=NCCCNCCCN)c2[nH]c3ccccc3c21. The minimum absolute atomic E-state index is 0.739. The molecule has 0 aliphatic rings. The van der Waals surface area contributed by atoms with Gasteiger partial charge in [0.1, 0.15) is 0 Å². The van der Waals surface area contributed by atoms with E-state index in [0.717, 1.165) is 55.4 Å². The van der Waals surface area contributed by atoms with Gasteiger partial charge in [-0.05, 0) is 44.6 Å². The Morgan fingerprint density at radius 1 is 1.00 bits per heavy atom. The Morgan fingerprint density at radius 3 is 2.59 bits per heavy atom. The molecule has 0 radical (unpaired) electrons. The van der Waals surface area contributed by atoms with Crippen molar-refractivity contribution in [3.8, 4) is 0 Å². The molecular weight excluding hydrogens is 334 g/mol. The van der Waals surface area contributed by atoms with Gasteiger partial charge in [0.15, 0.2) is 0 Å². The Labute approximate surface area is 158 Å². The van der Waals surface area contributed by atoms with Crippen molar-refractivity contribution in [2.45, 2.75) is 12.8 Å². The minimum atomic E-state index is 0.739. The number of para-hydroxylation sites is 2. The number of nitrogens with zero attached hydrogens (tertiary/aromatic N) is 2. The van der Waals surface area contributed by atoms with Gasteiger partial charge in [0.25, 0.3) is 0 Å². The normalized spacial score (nSPS) is 12.6. The van der Waals surface area contributed by atoms with Gasteiger partial charge in [-0.3, -0.25) is 4.99 Å². The lowest BCUT2D eigenvalue weighted by Gasteiger charge is -2.09. The van der Waals surface area contributed by atoms with Crippen molar-refractivity contribution >= 4 is 32.8 Å². The number of benzene rings is 2. The first-order valence-electron chi connectivity index (χ1n) is 9.70. The number of aryl methyl sites for hydroxylation is 1. The summed E-state index contributed by atoms with van der Waals surface area (Å²) < 4.78 is 2.27. The van der Waals surface area contributed by atoms with Gasteiger partial charge < -0.3 is 20.6 Å². The molecule has 0 fully saturated rings. The number of nitrogens with two attached hydrogens (primary N) is 1. The highest BCUT2D eigenvalue weighted by Gasteiger charge is 2.12. The molecule has 27 heavy (non-hydrogen) atoms. The van der Waals surface area contributed by atoms with Crippen LogP contribution in [-0.4, -0.2) is 35.7 Å². The van der Waals surface area contributed by atoms with E-state index in [0.29, 0.717) is 0 Å². The monoisotopic (exact) mass is 361 g/mol. The standard InChI is InChI=1S/C22H27N5/c1-27-19-11-5-3-9-17(19)20(25-15-7-14-24-13-6-12-23)21-22(27)16-8-2-4-10-18(16)26-21/h2-5,8-11,24,26H,6-7,12-15,23H2,1H3. The highest BCUT2D eigenvalue weighted by Crippen LogP contribution is 2.26. The van der Waals surface area contributed by atoms with Gasteiger partial charge in [0, 0.05) is 29.9 Å². The summed E-state index contributed by atoms with van der Waals surface area (Å²) in [5.74, 6) is 0. The third-order valence-electron chi connectivity index (χ3n) is 5.11. The summed E-state index contributed by atoms with van der Waals surface area (Å²) in [6, 6.07) is 17.0. The molecule has 4 aromatic rings. The molecule has 0 atom stereocenters. The Balaban J connectivity index is 1.80. The van der Waals surface area contributed by atoms with Crippen LogP contribution in [0.2, 0.25) is 0 Å². The van der Waals surface area contributed by atoms with E-state index < -0.39 is 0 Å². The predicted octanol–water partition coefficient (Wildman–Crippen LogP) is 3.04. The van der Waals surface area contributed by atoms with E-state index in [1.165, 1.54) is 21.8 Å². The number of aromatic amines is 1. The number of H-pyrrole nitrogens is 1. The van der Waals surface area contributed by atoms with Crippen LogP contribution in [0.1, 0.15) is 12.8 Å². The maximum absolute atomic E-state index is 5.53.